The molecule has 0 bridgehead atoms. The predicted octanol–water partition coefficient (Wildman–Crippen LogP) is 4.18. The molecule has 1 aromatic heterocycles. The highest BCUT2D eigenvalue weighted by Gasteiger charge is 2.34. The fraction of sp³-hybridized carbons (Fsp3) is 0.227. The molecule has 0 saturated heterocycles. The van der Waals surface area contributed by atoms with Crippen LogP contribution in [-0.4, -0.2) is 34.9 Å². The number of para-hydroxylation sites is 1. The molecule has 2 heterocycles. The first-order chi connectivity index (χ1) is 14.9. The van der Waals surface area contributed by atoms with E-state index in [0.717, 1.165) is 11.3 Å². The number of ether oxygens (including phenoxy) is 2. The Bertz CT molecular complexity index is 1190. The topological polar surface area (TPSA) is 90.3 Å². The Morgan fingerprint density at radius 3 is 2.68 bits per heavy atom. The van der Waals surface area contributed by atoms with Gasteiger partial charge in [-0.1, -0.05) is 29.8 Å². The van der Waals surface area contributed by atoms with Crippen molar-refractivity contribution >= 4 is 29.1 Å². The quantitative estimate of drug-likeness (QED) is 0.619. The largest absolute Gasteiger partial charge is 0.493 e. The third kappa shape index (κ3) is 3.70. The number of anilines is 2. The molecule has 1 atom stereocenters. The minimum absolute atomic E-state index is 0.253. The number of aromatic nitrogens is 3. The number of allylic oxidation sites excluding steroid dienone is 1. The zero-order valence-corrected chi connectivity index (χ0v) is 18.3. The molecule has 1 unspecified atom stereocenters. The minimum Gasteiger partial charge on any atom is -0.493 e. The van der Waals surface area contributed by atoms with E-state index in [-0.39, 0.29) is 5.91 Å². The van der Waals surface area contributed by atoms with E-state index in [4.69, 9.17) is 21.1 Å². The molecule has 1 amide bonds. The fourth-order valence-corrected chi connectivity index (χ4v) is 3.99. The number of amides is 1. The van der Waals surface area contributed by atoms with Gasteiger partial charge in [0.2, 0.25) is 5.95 Å². The van der Waals surface area contributed by atoms with Gasteiger partial charge in [-0.05, 0) is 43.2 Å². The molecule has 160 valence electrons. The Balaban J connectivity index is 1.83. The summed E-state index contributed by atoms with van der Waals surface area (Å²) in [6.07, 6.45) is 1.44. The van der Waals surface area contributed by atoms with Gasteiger partial charge in [0, 0.05) is 11.4 Å². The summed E-state index contributed by atoms with van der Waals surface area (Å²) < 4.78 is 12.5. The molecule has 31 heavy (non-hydrogen) atoms. The number of hydrogen-bond acceptors (Lipinski definition) is 6. The summed E-state index contributed by atoms with van der Waals surface area (Å²) in [5.41, 5.74) is 3.57. The van der Waals surface area contributed by atoms with Gasteiger partial charge in [-0.15, -0.1) is 0 Å². The van der Waals surface area contributed by atoms with Crippen LogP contribution in [0, 0.1) is 6.92 Å². The van der Waals surface area contributed by atoms with Crippen LogP contribution in [0.3, 0.4) is 0 Å². The van der Waals surface area contributed by atoms with E-state index >= 15 is 0 Å². The Morgan fingerprint density at radius 1 is 1.19 bits per heavy atom. The summed E-state index contributed by atoms with van der Waals surface area (Å²) in [4.78, 5) is 17.7. The number of carbonyl (C=O) groups excluding carboxylic acids is 1. The number of methoxy groups -OCH3 is 2. The van der Waals surface area contributed by atoms with Crippen molar-refractivity contribution in [2.45, 2.75) is 19.9 Å². The van der Waals surface area contributed by atoms with Crippen molar-refractivity contribution in [3.8, 4) is 11.5 Å². The van der Waals surface area contributed by atoms with Crippen molar-refractivity contribution in [1.82, 2.24) is 14.8 Å². The van der Waals surface area contributed by atoms with Gasteiger partial charge < -0.3 is 20.1 Å². The number of benzene rings is 2. The van der Waals surface area contributed by atoms with E-state index in [1.54, 1.807) is 16.8 Å². The SMILES string of the molecule is COc1cc(C2C(C(=O)Nc3ccccc3C)=C(C)Nc3ncnn32)cc(Cl)c1OC. The zero-order valence-electron chi connectivity index (χ0n) is 17.6. The number of aryl methyl sites for hydroxylation is 1. The lowest BCUT2D eigenvalue weighted by atomic mass is 9.94. The average Bonchev–Trinajstić information content (AvgIpc) is 3.21. The molecular weight excluding hydrogens is 418 g/mol. The highest BCUT2D eigenvalue weighted by molar-refractivity contribution is 6.32. The Hall–Kier alpha value is -3.52. The van der Waals surface area contributed by atoms with Crippen LogP contribution in [0.25, 0.3) is 0 Å². The normalized spacial score (nSPS) is 15.2. The number of rotatable bonds is 5. The molecule has 9 heteroatoms. The molecular formula is C22H22ClN5O3. The van der Waals surface area contributed by atoms with Gasteiger partial charge in [-0.3, -0.25) is 4.79 Å². The van der Waals surface area contributed by atoms with Gasteiger partial charge in [-0.2, -0.15) is 10.1 Å². The highest BCUT2D eigenvalue weighted by atomic mass is 35.5. The summed E-state index contributed by atoms with van der Waals surface area (Å²) in [5.74, 6) is 1.16. The lowest BCUT2D eigenvalue weighted by Crippen LogP contribution is -2.31. The van der Waals surface area contributed by atoms with Crippen LogP contribution in [-0.2, 0) is 4.79 Å². The minimum atomic E-state index is -0.569. The number of hydrogen-bond donors (Lipinski definition) is 2. The summed E-state index contributed by atoms with van der Waals surface area (Å²) in [7, 11) is 3.06. The van der Waals surface area contributed by atoms with Gasteiger partial charge in [0.1, 0.15) is 12.4 Å². The van der Waals surface area contributed by atoms with E-state index < -0.39 is 6.04 Å². The van der Waals surface area contributed by atoms with E-state index in [1.165, 1.54) is 20.5 Å². The van der Waals surface area contributed by atoms with Gasteiger partial charge in [0.15, 0.2) is 11.5 Å². The summed E-state index contributed by atoms with van der Waals surface area (Å²) >= 11 is 6.47. The van der Waals surface area contributed by atoms with Crippen molar-refractivity contribution in [3.05, 3.63) is 70.1 Å². The van der Waals surface area contributed by atoms with Gasteiger partial charge in [0.05, 0.1) is 24.8 Å². The number of carbonyl (C=O) groups is 1. The maximum Gasteiger partial charge on any atom is 0.255 e. The number of fused-ring (bicyclic) bond motifs is 1. The molecule has 0 fully saturated rings. The van der Waals surface area contributed by atoms with Crippen LogP contribution in [0.4, 0.5) is 11.6 Å². The third-order valence-electron chi connectivity index (χ3n) is 5.20. The maximum absolute atomic E-state index is 13.4. The number of halogens is 1. The maximum atomic E-state index is 13.4. The molecule has 4 rings (SSSR count). The molecule has 0 aliphatic carbocycles. The van der Waals surface area contributed by atoms with Crippen LogP contribution < -0.4 is 20.1 Å². The van der Waals surface area contributed by atoms with Crippen LogP contribution >= 0.6 is 11.6 Å². The first kappa shape index (κ1) is 20.7. The van der Waals surface area contributed by atoms with Crippen LogP contribution in [0.1, 0.15) is 24.1 Å². The summed E-state index contributed by atoms with van der Waals surface area (Å²) in [6.45, 7) is 3.78. The molecule has 1 aliphatic rings. The van der Waals surface area contributed by atoms with Crippen molar-refractivity contribution in [2.75, 3.05) is 24.9 Å². The van der Waals surface area contributed by atoms with E-state index in [1.807, 2.05) is 38.1 Å². The monoisotopic (exact) mass is 439 g/mol. The molecule has 2 N–H and O–H groups in total. The van der Waals surface area contributed by atoms with Crippen LogP contribution in [0.5, 0.6) is 11.5 Å². The second-order valence-electron chi connectivity index (χ2n) is 7.10. The van der Waals surface area contributed by atoms with E-state index in [9.17, 15) is 4.79 Å². The Kier molecular flexibility index (Phi) is 5.56. The van der Waals surface area contributed by atoms with Gasteiger partial charge in [0.25, 0.3) is 5.91 Å². The average molecular weight is 440 g/mol. The van der Waals surface area contributed by atoms with Crippen molar-refractivity contribution in [2.24, 2.45) is 0 Å². The van der Waals surface area contributed by atoms with Gasteiger partial charge >= 0.3 is 0 Å². The van der Waals surface area contributed by atoms with Crippen LogP contribution in [0.2, 0.25) is 5.02 Å². The first-order valence-electron chi connectivity index (χ1n) is 9.60. The number of nitrogens with zero attached hydrogens (tertiary/aromatic N) is 3. The standard InChI is InChI=1S/C22H22ClN5O3/c1-12-7-5-6-8-16(12)27-21(29)18-13(2)26-22-24-11-25-28(22)19(18)14-9-15(23)20(31-4)17(10-14)30-3/h5-11,19H,1-4H3,(H,27,29)(H,24,25,26). The predicted molar refractivity (Wildman–Crippen MR) is 119 cm³/mol. The summed E-state index contributed by atoms with van der Waals surface area (Å²) in [6, 6.07) is 10.6. The van der Waals surface area contributed by atoms with Crippen LogP contribution in [0.15, 0.2) is 54.0 Å². The molecule has 0 spiro atoms. The molecule has 8 nitrogen and oxygen atoms in total. The lowest BCUT2D eigenvalue weighted by molar-refractivity contribution is -0.113. The molecule has 1 aliphatic heterocycles. The number of nitrogens with one attached hydrogen (secondary N) is 2. The zero-order chi connectivity index (χ0) is 22.1. The molecule has 0 saturated carbocycles. The highest BCUT2D eigenvalue weighted by Crippen LogP contribution is 2.42. The van der Waals surface area contributed by atoms with E-state index in [0.29, 0.717) is 39.3 Å². The summed E-state index contributed by atoms with van der Waals surface area (Å²) in [5, 5.41) is 10.9. The van der Waals surface area contributed by atoms with Crippen molar-refractivity contribution in [1.29, 1.82) is 0 Å². The third-order valence-corrected chi connectivity index (χ3v) is 5.48. The fourth-order valence-electron chi connectivity index (χ4n) is 3.69. The van der Waals surface area contributed by atoms with Crippen molar-refractivity contribution < 1.29 is 14.3 Å². The lowest BCUT2D eigenvalue weighted by Gasteiger charge is -2.29. The van der Waals surface area contributed by atoms with E-state index in [2.05, 4.69) is 20.7 Å². The molecule has 0 radical (unpaired) electrons. The molecule has 3 aromatic rings. The Morgan fingerprint density at radius 2 is 1.97 bits per heavy atom. The smallest absolute Gasteiger partial charge is 0.255 e. The van der Waals surface area contributed by atoms with Crippen molar-refractivity contribution in [3.63, 3.8) is 0 Å². The molecule has 2 aromatic carbocycles. The van der Waals surface area contributed by atoms with Gasteiger partial charge in [-0.25, -0.2) is 4.68 Å². The second kappa shape index (κ2) is 8.31. The Labute approximate surface area is 184 Å². The first-order valence-corrected chi connectivity index (χ1v) is 9.98. The second-order valence-corrected chi connectivity index (χ2v) is 7.51.